The van der Waals surface area contributed by atoms with Gasteiger partial charge in [-0.25, -0.2) is 9.59 Å². The zero-order valence-electron chi connectivity index (χ0n) is 25.3. The molecule has 0 amide bonds. The molecule has 1 aliphatic rings. The molecule has 0 radical (unpaired) electrons. The van der Waals surface area contributed by atoms with E-state index >= 15 is 0 Å². The number of pyridine rings is 1. The number of nitrogens with zero attached hydrogens (tertiary/aromatic N) is 1. The first-order chi connectivity index (χ1) is 21.4. The average molecular weight is 596 g/mol. The minimum atomic E-state index is -0.674. The second-order valence-electron chi connectivity index (χ2n) is 11.2. The SMILES string of the molecule is COCCCOc1cc2c(cc1C(=O)OCc1ccccc1)-c1cc(=O)c(C(=O)OCc3ccccc3)cn1C(C(C)C)C2. The molecule has 1 aliphatic heterocycles. The molecular formula is C36H37NO7. The number of benzene rings is 3. The molecule has 44 heavy (non-hydrogen) atoms. The lowest BCUT2D eigenvalue weighted by atomic mass is 9.86. The molecule has 5 rings (SSSR count). The van der Waals surface area contributed by atoms with Crippen molar-refractivity contribution in [3.8, 4) is 17.0 Å². The summed E-state index contributed by atoms with van der Waals surface area (Å²) in [4.78, 5) is 39.8. The summed E-state index contributed by atoms with van der Waals surface area (Å²) >= 11 is 0. The lowest BCUT2D eigenvalue weighted by Crippen LogP contribution is -2.29. The Kier molecular flexibility index (Phi) is 9.92. The van der Waals surface area contributed by atoms with Gasteiger partial charge in [-0.1, -0.05) is 74.5 Å². The first kappa shape index (κ1) is 30.8. The molecule has 1 unspecified atom stereocenters. The van der Waals surface area contributed by atoms with E-state index in [2.05, 4.69) is 13.8 Å². The molecule has 2 heterocycles. The Balaban J connectivity index is 1.50. The highest BCUT2D eigenvalue weighted by Crippen LogP contribution is 2.40. The fraction of sp³-hybridized carbons (Fsp3) is 0.306. The van der Waals surface area contributed by atoms with Gasteiger partial charge in [0.25, 0.3) is 0 Å². The number of ether oxygens (including phenoxy) is 4. The average Bonchev–Trinajstić information content (AvgIpc) is 3.04. The molecule has 0 spiro atoms. The predicted octanol–water partition coefficient (Wildman–Crippen LogP) is 6.40. The summed E-state index contributed by atoms with van der Waals surface area (Å²) in [7, 11) is 1.63. The van der Waals surface area contributed by atoms with Crippen molar-refractivity contribution in [1.82, 2.24) is 4.57 Å². The summed E-state index contributed by atoms with van der Waals surface area (Å²) in [6, 6.07) is 23.8. The molecule has 8 heteroatoms. The van der Waals surface area contributed by atoms with E-state index in [1.807, 2.05) is 71.3 Å². The Morgan fingerprint density at radius 2 is 1.45 bits per heavy atom. The molecule has 0 saturated heterocycles. The van der Waals surface area contributed by atoms with E-state index in [1.54, 1.807) is 19.4 Å². The number of fused-ring (bicyclic) bond motifs is 3. The van der Waals surface area contributed by atoms with Crippen LogP contribution in [0.3, 0.4) is 0 Å². The standard InChI is InChI=1S/C36H37NO7/c1-24(2)31-17-27-18-34(42-16-10-15-41-3)29(35(39)43-22-25-11-6-4-7-12-25)19-28(27)32-20-33(38)30(21-37(31)32)36(40)44-23-26-13-8-5-9-14-26/h4-9,11-14,18-21,24,31H,10,15-17,22-23H2,1-3H3. The summed E-state index contributed by atoms with van der Waals surface area (Å²) in [5, 5.41) is 0. The number of carbonyl (C=O) groups excluding carboxylic acids is 2. The Morgan fingerprint density at radius 1 is 0.841 bits per heavy atom. The van der Waals surface area contributed by atoms with Crippen LogP contribution in [0.1, 0.15) is 63.7 Å². The van der Waals surface area contributed by atoms with E-state index in [-0.39, 0.29) is 36.3 Å². The van der Waals surface area contributed by atoms with Gasteiger partial charge in [-0.3, -0.25) is 4.79 Å². The number of hydrogen-bond donors (Lipinski definition) is 0. The van der Waals surface area contributed by atoms with Gasteiger partial charge in [-0.15, -0.1) is 0 Å². The van der Waals surface area contributed by atoms with Gasteiger partial charge in [0.1, 0.15) is 30.1 Å². The van der Waals surface area contributed by atoms with Crippen LogP contribution < -0.4 is 10.2 Å². The topological polar surface area (TPSA) is 93.1 Å². The van der Waals surface area contributed by atoms with Crippen LogP contribution in [0, 0.1) is 5.92 Å². The Bertz CT molecular complexity index is 1660. The van der Waals surface area contributed by atoms with Crippen LogP contribution in [0.25, 0.3) is 11.3 Å². The van der Waals surface area contributed by atoms with E-state index in [9.17, 15) is 14.4 Å². The second kappa shape index (κ2) is 14.2. The third-order valence-electron chi connectivity index (χ3n) is 7.73. The molecule has 0 bridgehead atoms. The van der Waals surface area contributed by atoms with Gasteiger partial charge in [0.15, 0.2) is 5.43 Å². The predicted molar refractivity (Wildman–Crippen MR) is 167 cm³/mol. The molecule has 0 saturated carbocycles. The molecular weight excluding hydrogens is 558 g/mol. The van der Waals surface area contributed by atoms with Gasteiger partial charge >= 0.3 is 11.9 Å². The van der Waals surface area contributed by atoms with Crippen LogP contribution in [0.15, 0.2) is 89.9 Å². The maximum atomic E-state index is 13.4. The van der Waals surface area contributed by atoms with Gasteiger partial charge in [0, 0.05) is 44.0 Å². The lowest BCUT2D eigenvalue weighted by Gasteiger charge is -2.34. The molecule has 0 N–H and O–H groups in total. The number of hydrogen-bond acceptors (Lipinski definition) is 7. The smallest absolute Gasteiger partial charge is 0.343 e. The molecule has 0 aliphatic carbocycles. The van der Waals surface area contributed by atoms with Crippen molar-refractivity contribution in [1.29, 1.82) is 0 Å². The van der Waals surface area contributed by atoms with Gasteiger partial charge in [0.05, 0.1) is 12.3 Å². The maximum absolute atomic E-state index is 13.4. The normalized spacial score (nSPS) is 13.6. The summed E-state index contributed by atoms with van der Waals surface area (Å²) in [5.74, 6) is -0.594. The van der Waals surface area contributed by atoms with Crippen LogP contribution >= 0.6 is 0 Å². The fourth-order valence-corrected chi connectivity index (χ4v) is 5.37. The summed E-state index contributed by atoms with van der Waals surface area (Å²) < 4.78 is 24.4. The van der Waals surface area contributed by atoms with E-state index in [4.69, 9.17) is 18.9 Å². The van der Waals surface area contributed by atoms with Crippen molar-refractivity contribution in [2.24, 2.45) is 5.92 Å². The van der Waals surface area contributed by atoms with E-state index in [0.717, 1.165) is 22.3 Å². The molecule has 228 valence electrons. The number of rotatable bonds is 12. The van der Waals surface area contributed by atoms with Crippen molar-refractivity contribution in [3.63, 3.8) is 0 Å². The van der Waals surface area contributed by atoms with Crippen molar-refractivity contribution in [2.45, 2.75) is 45.9 Å². The minimum Gasteiger partial charge on any atom is -0.493 e. The van der Waals surface area contributed by atoms with Crippen molar-refractivity contribution in [2.75, 3.05) is 20.3 Å². The number of carbonyl (C=O) groups is 2. The minimum absolute atomic E-state index is 0.0284. The van der Waals surface area contributed by atoms with Gasteiger partial charge in [-0.05, 0) is 41.2 Å². The third kappa shape index (κ3) is 7.09. The van der Waals surface area contributed by atoms with Crippen LogP contribution in [-0.2, 0) is 33.8 Å². The maximum Gasteiger partial charge on any atom is 0.343 e. The zero-order chi connectivity index (χ0) is 31.1. The molecule has 4 aromatic rings. The van der Waals surface area contributed by atoms with Crippen LogP contribution in [0.2, 0.25) is 0 Å². The highest BCUT2D eigenvalue weighted by atomic mass is 16.5. The lowest BCUT2D eigenvalue weighted by molar-refractivity contribution is 0.0460. The highest BCUT2D eigenvalue weighted by Gasteiger charge is 2.30. The van der Waals surface area contributed by atoms with Crippen LogP contribution in [-0.4, -0.2) is 36.8 Å². The van der Waals surface area contributed by atoms with Crippen molar-refractivity contribution >= 4 is 11.9 Å². The molecule has 1 atom stereocenters. The first-order valence-corrected chi connectivity index (χ1v) is 14.8. The number of methoxy groups -OCH3 is 1. The molecule has 1 aromatic heterocycles. The summed E-state index contributed by atoms with van der Waals surface area (Å²) in [5.41, 5.74) is 3.78. The van der Waals surface area contributed by atoms with Crippen LogP contribution in [0.5, 0.6) is 5.75 Å². The Labute approximate surface area is 257 Å². The number of aromatic nitrogens is 1. The van der Waals surface area contributed by atoms with E-state index < -0.39 is 17.4 Å². The summed E-state index contributed by atoms with van der Waals surface area (Å²) in [6.45, 7) is 5.27. The van der Waals surface area contributed by atoms with Gasteiger partial charge in [0.2, 0.25) is 0 Å². The van der Waals surface area contributed by atoms with E-state index in [1.165, 1.54) is 6.07 Å². The molecule has 3 aromatic carbocycles. The van der Waals surface area contributed by atoms with Crippen molar-refractivity contribution in [3.05, 3.63) is 123 Å². The Hall–Kier alpha value is -4.69. The summed E-state index contributed by atoms with van der Waals surface area (Å²) in [6.07, 6.45) is 2.87. The first-order valence-electron chi connectivity index (χ1n) is 14.8. The van der Waals surface area contributed by atoms with Crippen LogP contribution in [0.4, 0.5) is 0 Å². The van der Waals surface area contributed by atoms with Gasteiger partial charge in [-0.2, -0.15) is 0 Å². The highest BCUT2D eigenvalue weighted by molar-refractivity contribution is 5.95. The quantitative estimate of drug-likeness (QED) is 0.138. The van der Waals surface area contributed by atoms with E-state index in [0.29, 0.717) is 37.5 Å². The fourth-order valence-electron chi connectivity index (χ4n) is 5.37. The van der Waals surface area contributed by atoms with Crippen molar-refractivity contribution < 1.29 is 28.5 Å². The second-order valence-corrected chi connectivity index (χ2v) is 11.2. The molecule has 0 fully saturated rings. The zero-order valence-corrected chi connectivity index (χ0v) is 25.3. The van der Waals surface area contributed by atoms with Gasteiger partial charge < -0.3 is 23.5 Å². The monoisotopic (exact) mass is 595 g/mol. The largest absolute Gasteiger partial charge is 0.493 e. The number of esters is 2. The molecule has 8 nitrogen and oxygen atoms in total. The Morgan fingerprint density at radius 3 is 2.05 bits per heavy atom. The third-order valence-corrected chi connectivity index (χ3v) is 7.73.